The average Bonchev–Trinajstić information content (AvgIpc) is 2.45. The third-order valence-corrected chi connectivity index (χ3v) is 4.20. The highest BCUT2D eigenvalue weighted by molar-refractivity contribution is 5.19. The maximum atomic E-state index is 5.88. The van der Waals surface area contributed by atoms with Crippen LogP contribution in [0, 0.1) is 11.8 Å². The lowest BCUT2D eigenvalue weighted by Crippen LogP contribution is -2.41. The summed E-state index contributed by atoms with van der Waals surface area (Å²) < 4.78 is 0. The number of piperidine rings is 1. The number of nitrogens with zero attached hydrogens (tertiary/aromatic N) is 1. The highest BCUT2D eigenvalue weighted by atomic mass is 15.2. The van der Waals surface area contributed by atoms with Gasteiger partial charge in [0.1, 0.15) is 0 Å². The molecule has 1 aromatic rings. The molecule has 2 atom stereocenters. The summed E-state index contributed by atoms with van der Waals surface area (Å²) in [4.78, 5) is 2.66. The normalized spacial score (nSPS) is 22.6. The number of hydrogen-bond acceptors (Lipinski definition) is 2. The minimum Gasteiger partial charge on any atom is -0.330 e. The van der Waals surface area contributed by atoms with Crippen LogP contribution in [0.25, 0.3) is 0 Å². The lowest BCUT2D eigenvalue weighted by molar-refractivity contribution is 0.111. The van der Waals surface area contributed by atoms with Crippen LogP contribution in [-0.4, -0.2) is 24.5 Å². The Hall–Kier alpha value is -0.860. The summed E-state index contributed by atoms with van der Waals surface area (Å²) in [5.41, 5.74) is 7.35. The van der Waals surface area contributed by atoms with Crippen molar-refractivity contribution in [2.75, 3.05) is 19.6 Å². The predicted octanol–water partition coefficient (Wildman–Crippen LogP) is 3.44. The standard InChI is InChI=1S/C17H28N2/c1-14(2)11-17(16-8-4-3-5-9-16)19-10-6-7-15(12-18)13-19/h3-5,8-9,14-15,17H,6-7,10-13,18H2,1-2H3. The summed E-state index contributed by atoms with van der Waals surface area (Å²) in [5, 5.41) is 0. The van der Waals surface area contributed by atoms with E-state index in [1.807, 2.05) is 0 Å². The Labute approximate surface area is 118 Å². The summed E-state index contributed by atoms with van der Waals surface area (Å²) in [7, 11) is 0. The van der Waals surface area contributed by atoms with Gasteiger partial charge in [0, 0.05) is 12.6 Å². The van der Waals surface area contributed by atoms with Crippen LogP contribution >= 0.6 is 0 Å². The first-order chi connectivity index (χ1) is 9.20. The van der Waals surface area contributed by atoms with E-state index in [9.17, 15) is 0 Å². The molecule has 19 heavy (non-hydrogen) atoms. The van der Waals surface area contributed by atoms with Crippen LogP contribution in [0.4, 0.5) is 0 Å². The largest absolute Gasteiger partial charge is 0.330 e. The van der Waals surface area contributed by atoms with Crippen LogP contribution in [0.2, 0.25) is 0 Å². The summed E-state index contributed by atoms with van der Waals surface area (Å²) in [5.74, 6) is 1.41. The quantitative estimate of drug-likeness (QED) is 0.878. The molecule has 1 aromatic carbocycles. The number of rotatable bonds is 5. The highest BCUT2D eigenvalue weighted by Crippen LogP contribution is 2.31. The smallest absolute Gasteiger partial charge is 0.0350 e. The summed E-state index contributed by atoms with van der Waals surface area (Å²) in [6.07, 6.45) is 3.83. The van der Waals surface area contributed by atoms with Crippen molar-refractivity contribution in [1.82, 2.24) is 4.90 Å². The number of hydrogen-bond donors (Lipinski definition) is 1. The third-order valence-electron chi connectivity index (χ3n) is 4.20. The Bertz CT molecular complexity index is 361. The van der Waals surface area contributed by atoms with Crippen molar-refractivity contribution in [2.24, 2.45) is 17.6 Å². The molecule has 0 radical (unpaired) electrons. The van der Waals surface area contributed by atoms with Crippen molar-refractivity contribution in [3.05, 3.63) is 35.9 Å². The van der Waals surface area contributed by atoms with Gasteiger partial charge in [-0.05, 0) is 49.8 Å². The number of benzene rings is 1. The Balaban J connectivity index is 2.13. The lowest BCUT2D eigenvalue weighted by atomic mass is 9.91. The van der Waals surface area contributed by atoms with E-state index >= 15 is 0 Å². The van der Waals surface area contributed by atoms with Crippen molar-refractivity contribution in [2.45, 2.75) is 39.2 Å². The van der Waals surface area contributed by atoms with Gasteiger partial charge in [-0.3, -0.25) is 4.90 Å². The predicted molar refractivity (Wildman–Crippen MR) is 82.0 cm³/mol. The van der Waals surface area contributed by atoms with Gasteiger partial charge in [0.2, 0.25) is 0 Å². The van der Waals surface area contributed by atoms with Gasteiger partial charge in [-0.15, -0.1) is 0 Å². The van der Waals surface area contributed by atoms with E-state index in [2.05, 4.69) is 49.1 Å². The molecule has 2 unspecified atom stereocenters. The second-order valence-corrected chi connectivity index (χ2v) is 6.29. The molecule has 2 rings (SSSR count). The van der Waals surface area contributed by atoms with Gasteiger partial charge in [0.05, 0.1) is 0 Å². The van der Waals surface area contributed by atoms with Crippen molar-refractivity contribution < 1.29 is 0 Å². The molecule has 0 spiro atoms. The zero-order valence-electron chi connectivity index (χ0n) is 12.4. The molecule has 0 saturated carbocycles. The van der Waals surface area contributed by atoms with E-state index in [1.165, 1.54) is 37.9 Å². The summed E-state index contributed by atoms with van der Waals surface area (Å²) in [6.45, 7) is 7.87. The van der Waals surface area contributed by atoms with Gasteiger partial charge in [-0.2, -0.15) is 0 Å². The summed E-state index contributed by atoms with van der Waals surface area (Å²) in [6, 6.07) is 11.5. The SMILES string of the molecule is CC(C)CC(c1ccccc1)N1CCCC(CN)C1. The molecule has 1 fully saturated rings. The minimum atomic E-state index is 0.565. The van der Waals surface area contributed by atoms with Gasteiger partial charge in [0.25, 0.3) is 0 Å². The van der Waals surface area contributed by atoms with Crippen LogP contribution in [0.5, 0.6) is 0 Å². The molecule has 0 amide bonds. The fourth-order valence-electron chi connectivity index (χ4n) is 3.19. The maximum Gasteiger partial charge on any atom is 0.0350 e. The van der Waals surface area contributed by atoms with Crippen LogP contribution in [0.3, 0.4) is 0 Å². The second kappa shape index (κ2) is 7.06. The molecule has 1 saturated heterocycles. The van der Waals surface area contributed by atoms with Crippen molar-refractivity contribution in [1.29, 1.82) is 0 Å². The molecule has 106 valence electrons. The average molecular weight is 260 g/mol. The molecule has 0 aromatic heterocycles. The number of likely N-dealkylation sites (tertiary alicyclic amines) is 1. The fraction of sp³-hybridized carbons (Fsp3) is 0.647. The van der Waals surface area contributed by atoms with E-state index < -0.39 is 0 Å². The fourth-order valence-corrected chi connectivity index (χ4v) is 3.19. The Morgan fingerprint density at radius 2 is 2.00 bits per heavy atom. The van der Waals surface area contributed by atoms with Crippen molar-refractivity contribution >= 4 is 0 Å². The summed E-state index contributed by atoms with van der Waals surface area (Å²) >= 11 is 0. The molecule has 2 heteroatoms. The van der Waals surface area contributed by atoms with Crippen LogP contribution in [-0.2, 0) is 0 Å². The first-order valence-corrected chi connectivity index (χ1v) is 7.69. The van der Waals surface area contributed by atoms with E-state index in [-0.39, 0.29) is 0 Å². The molecule has 1 aliphatic rings. The maximum absolute atomic E-state index is 5.88. The van der Waals surface area contributed by atoms with Crippen LogP contribution < -0.4 is 5.73 Å². The third kappa shape index (κ3) is 4.05. The van der Waals surface area contributed by atoms with E-state index in [0.717, 1.165) is 12.5 Å². The van der Waals surface area contributed by atoms with Gasteiger partial charge in [0.15, 0.2) is 0 Å². The Kier molecular flexibility index (Phi) is 5.41. The molecule has 1 heterocycles. The molecule has 1 aliphatic heterocycles. The molecule has 0 aliphatic carbocycles. The first-order valence-electron chi connectivity index (χ1n) is 7.69. The minimum absolute atomic E-state index is 0.565. The zero-order chi connectivity index (χ0) is 13.7. The van der Waals surface area contributed by atoms with Gasteiger partial charge >= 0.3 is 0 Å². The highest BCUT2D eigenvalue weighted by Gasteiger charge is 2.26. The monoisotopic (exact) mass is 260 g/mol. The zero-order valence-corrected chi connectivity index (χ0v) is 12.4. The molecule has 0 bridgehead atoms. The van der Waals surface area contributed by atoms with Crippen LogP contribution in [0.15, 0.2) is 30.3 Å². The Morgan fingerprint density at radius 3 is 2.63 bits per heavy atom. The Morgan fingerprint density at radius 1 is 1.26 bits per heavy atom. The van der Waals surface area contributed by atoms with Crippen molar-refractivity contribution in [3.63, 3.8) is 0 Å². The first kappa shape index (κ1) is 14.5. The molecule has 2 N–H and O–H groups in total. The molecular formula is C17H28N2. The van der Waals surface area contributed by atoms with Crippen LogP contribution in [0.1, 0.15) is 44.7 Å². The molecular weight excluding hydrogens is 232 g/mol. The molecule has 2 nitrogen and oxygen atoms in total. The van der Waals surface area contributed by atoms with E-state index in [4.69, 9.17) is 5.73 Å². The second-order valence-electron chi connectivity index (χ2n) is 6.29. The number of nitrogens with two attached hydrogens (primary N) is 1. The topological polar surface area (TPSA) is 29.3 Å². The van der Waals surface area contributed by atoms with E-state index in [1.54, 1.807) is 0 Å². The van der Waals surface area contributed by atoms with E-state index in [0.29, 0.717) is 12.0 Å². The van der Waals surface area contributed by atoms with Gasteiger partial charge in [-0.1, -0.05) is 44.2 Å². The lowest BCUT2D eigenvalue weighted by Gasteiger charge is -2.39. The van der Waals surface area contributed by atoms with Gasteiger partial charge < -0.3 is 5.73 Å². The van der Waals surface area contributed by atoms with Crippen molar-refractivity contribution in [3.8, 4) is 0 Å². The van der Waals surface area contributed by atoms with Gasteiger partial charge in [-0.25, -0.2) is 0 Å².